The summed E-state index contributed by atoms with van der Waals surface area (Å²) in [5, 5.41) is 4.90. The second-order valence-corrected chi connectivity index (χ2v) is 3.27. The first-order valence-electron chi connectivity index (χ1n) is 4.79. The molecule has 0 fully saturated rings. The molecule has 4 nitrogen and oxygen atoms in total. The van der Waals surface area contributed by atoms with Crippen LogP contribution in [0.25, 0.3) is 11.0 Å². The van der Waals surface area contributed by atoms with Gasteiger partial charge in [0.05, 0.1) is 12.3 Å². The third kappa shape index (κ3) is 2.10. The quantitative estimate of drug-likeness (QED) is 0.720. The van der Waals surface area contributed by atoms with E-state index in [1.54, 1.807) is 7.11 Å². The van der Waals surface area contributed by atoms with Crippen LogP contribution >= 0.6 is 0 Å². The van der Waals surface area contributed by atoms with E-state index in [0.717, 1.165) is 22.4 Å². The van der Waals surface area contributed by atoms with Crippen LogP contribution in [0.1, 0.15) is 5.69 Å². The molecule has 0 aliphatic carbocycles. The second-order valence-electron chi connectivity index (χ2n) is 3.27. The van der Waals surface area contributed by atoms with Gasteiger partial charge in [0.1, 0.15) is 12.4 Å². The fraction of sp³-hybridized carbons (Fsp3) is 0.364. The molecule has 0 aliphatic rings. The number of aryl methyl sites for hydroxylation is 1. The van der Waals surface area contributed by atoms with Gasteiger partial charge in [0, 0.05) is 18.6 Å². The van der Waals surface area contributed by atoms with Crippen molar-refractivity contribution in [2.24, 2.45) is 0 Å². The normalized spacial score (nSPS) is 10.8. The van der Waals surface area contributed by atoms with Crippen molar-refractivity contribution in [3.8, 4) is 5.75 Å². The summed E-state index contributed by atoms with van der Waals surface area (Å²) in [6.07, 6.45) is 0. The Morgan fingerprint density at radius 2 is 2.20 bits per heavy atom. The molecular formula is C11H13NO3. The number of methoxy groups -OCH3 is 1. The molecule has 0 N–H and O–H groups in total. The first-order valence-corrected chi connectivity index (χ1v) is 4.79. The third-order valence-corrected chi connectivity index (χ3v) is 2.18. The highest BCUT2D eigenvalue weighted by Gasteiger charge is 2.04. The Hall–Kier alpha value is -1.55. The second kappa shape index (κ2) is 4.31. The number of hydrogen-bond donors (Lipinski definition) is 0. The van der Waals surface area contributed by atoms with Gasteiger partial charge in [-0.25, -0.2) is 0 Å². The maximum atomic E-state index is 5.45. The SMILES string of the molecule is COCCOc1ccc2c(C)noc2c1. The summed E-state index contributed by atoms with van der Waals surface area (Å²) < 4.78 is 15.5. The zero-order valence-corrected chi connectivity index (χ0v) is 8.82. The zero-order chi connectivity index (χ0) is 10.7. The fourth-order valence-corrected chi connectivity index (χ4v) is 1.38. The maximum Gasteiger partial charge on any atom is 0.170 e. The van der Waals surface area contributed by atoms with Crippen molar-refractivity contribution in [3.63, 3.8) is 0 Å². The standard InChI is InChI=1S/C11H13NO3/c1-8-10-4-3-9(14-6-5-13-2)7-11(10)15-12-8/h3-4,7H,5-6H2,1-2H3. The summed E-state index contributed by atoms with van der Waals surface area (Å²) in [5.41, 5.74) is 1.65. The molecule has 0 atom stereocenters. The Morgan fingerprint density at radius 1 is 1.33 bits per heavy atom. The minimum atomic E-state index is 0.537. The van der Waals surface area contributed by atoms with Gasteiger partial charge in [-0.2, -0.15) is 0 Å². The van der Waals surface area contributed by atoms with E-state index in [1.807, 2.05) is 25.1 Å². The highest BCUT2D eigenvalue weighted by molar-refractivity contribution is 5.80. The molecule has 0 aliphatic heterocycles. The lowest BCUT2D eigenvalue weighted by molar-refractivity contribution is 0.146. The fourth-order valence-electron chi connectivity index (χ4n) is 1.38. The number of nitrogens with zero attached hydrogens (tertiary/aromatic N) is 1. The van der Waals surface area contributed by atoms with E-state index in [-0.39, 0.29) is 0 Å². The van der Waals surface area contributed by atoms with Crippen LogP contribution in [0.3, 0.4) is 0 Å². The first kappa shape index (κ1) is 9.98. The summed E-state index contributed by atoms with van der Waals surface area (Å²) in [4.78, 5) is 0. The van der Waals surface area contributed by atoms with Crippen molar-refractivity contribution in [3.05, 3.63) is 23.9 Å². The van der Waals surface area contributed by atoms with Crippen molar-refractivity contribution in [2.75, 3.05) is 20.3 Å². The minimum absolute atomic E-state index is 0.537. The number of rotatable bonds is 4. The van der Waals surface area contributed by atoms with Crippen LogP contribution in [0.15, 0.2) is 22.7 Å². The number of fused-ring (bicyclic) bond motifs is 1. The predicted octanol–water partition coefficient (Wildman–Crippen LogP) is 2.16. The van der Waals surface area contributed by atoms with E-state index in [2.05, 4.69) is 5.16 Å². The van der Waals surface area contributed by atoms with Crippen molar-refractivity contribution >= 4 is 11.0 Å². The monoisotopic (exact) mass is 207 g/mol. The summed E-state index contributed by atoms with van der Waals surface area (Å²) in [5.74, 6) is 0.774. The summed E-state index contributed by atoms with van der Waals surface area (Å²) in [6.45, 7) is 3.03. The average Bonchev–Trinajstić information content (AvgIpc) is 2.61. The highest BCUT2D eigenvalue weighted by Crippen LogP contribution is 2.22. The molecule has 1 aromatic carbocycles. The largest absolute Gasteiger partial charge is 0.491 e. The molecule has 0 amide bonds. The van der Waals surface area contributed by atoms with Crippen molar-refractivity contribution in [1.29, 1.82) is 0 Å². The molecule has 2 aromatic rings. The Kier molecular flexibility index (Phi) is 2.87. The van der Waals surface area contributed by atoms with Gasteiger partial charge in [0.2, 0.25) is 0 Å². The summed E-state index contributed by atoms with van der Waals surface area (Å²) in [7, 11) is 1.65. The van der Waals surface area contributed by atoms with E-state index in [9.17, 15) is 0 Å². The van der Waals surface area contributed by atoms with Crippen molar-refractivity contribution in [1.82, 2.24) is 5.16 Å². The molecule has 4 heteroatoms. The van der Waals surface area contributed by atoms with E-state index < -0.39 is 0 Å². The molecule has 0 spiro atoms. The smallest absolute Gasteiger partial charge is 0.170 e. The molecule has 0 bridgehead atoms. The van der Waals surface area contributed by atoms with Crippen LogP contribution < -0.4 is 4.74 Å². The van der Waals surface area contributed by atoms with Crippen molar-refractivity contribution in [2.45, 2.75) is 6.92 Å². The van der Waals surface area contributed by atoms with Gasteiger partial charge in [-0.05, 0) is 19.1 Å². The molecule has 2 rings (SSSR count). The lowest BCUT2D eigenvalue weighted by Crippen LogP contribution is -2.03. The van der Waals surface area contributed by atoms with Gasteiger partial charge in [0.15, 0.2) is 5.58 Å². The van der Waals surface area contributed by atoms with Crippen LogP contribution in [-0.2, 0) is 4.74 Å². The van der Waals surface area contributed by atoms with Crippen molar-refractivity contribution < 1.29 is 14.0 Å². The van der Waals surface area contributed by atoms with Gasteiger partial charge >= 0.3 is 0 Å². The van der Waals surface area contributed by atoms with Crippen LogP contribution in [0, 0.1) is 6.92 Å². The molecule has 0 saturated heterocycles. The molecular weight excluding hydrogens is 194 g/mol. The molecule has 0 unspecified atom stereocenters. The maximum absolute atomic E-state index is 5.45. The van der Waals surface area contributed by atoms with Crippen LogP contribution in [0.5, 0.6) is 5.75 Å². The van der Waals surface area contributed by atoms with Crippen LogP contribution in [0.2, 0.25) is 0 Å². The molecule has 0 saturated carbocycles. The predicted molar refractivity (Wildman–Crippen MR) is 56.1 cm³/mol. The van der Waals surface area contributed by atoms with Gasteiger partial charge in [-0.1, -0.05) is 5.16 Å². The van der Waals surface area contributed by atoms with Gasteiger partial charge in [-0.15, -0.1) is 0 Å². The topological polar surface area (TPSA) is 44.5 Å². The molecule has 80 valence electrons. The summed E-state index contributed by atoms with van der Waals surface area (Å²) >= 11 is 0. The molecule has 15 heavy (non-hydrogen) atoms. The minimum Gasteiger partial charge on any atom is -0.491 e. The number of hydrogen-bond acceptors (Lipinski definition) is 4. The van der Waals surface area contributed by atoms with Gasteiger partial charge in [0.25, 0.3) is 0 Å². The van der Waals surface area contributed by atoms with E-state index in [4.69, 9.17) is 14.0 Å². The molecule has 1 heterocycles. The zero-order valence-electron chi connectivity index (χ0n) is 8.82. The molecule has 0 radical (unpaired) electrons. The van der Waals surface area contributed by atoms with Gasteiger partial charge < -0.3 is 14.0 Å². The lowest BCUT2D eigenvalue weighted by Gasteiger charge is -2.04. The van der Waals surface area contributed by atoms with E-state index in [1.165, 1.54) is 0 Å². The Labute approximate surface area is 87.8 Å². The average molecular weight is 207 g/mol. The third-order valence-electron chi connectivity index (χ3n) is 2.18. The Bertz CT molecular complexity index is 450. The number of aromatic nitrogens is 1. The number of ether oxygens (including phenoxy) is 2. The van der Waals surface area contributed by atoms with Crippen LogP contribution in [-0.4, -0.2) is 25.5 Å². The Balaban J connectivity index is 2.16. The Morgan fingerprint density at radius 3 is 3.00 bits per heavy atom. The van der Waals surface area contributed by atoms with E-state index in [0.29, 0.717) is 13.2 Å². The highest BCUT2D eigenvalue weighted by atomic mass is 16.5. The molecule has 1 aromatic heterocycles. The lowest BCUT2D eigenvalue weighted by atomic mass is 10.2. The summed E-state index contributed by atoms with van der Waals surface area (Å²) in [6, 6.07) is 5.69. The van der Waals surface area contributed by atoms with E-state index >= 15 is 0 Å². The van der Waals surface area contributed by atoms with Gasteiger partial charge in [-0.3, -0.25) is 0 Å². The first-order chi connectivity index (χ1) is 7.31. The number of benzene rings is 1. The van der Waals surface area contributed by atoms with Crippen LogP contribution in [0.4, 0.5) is 0 Å².